The Labute approximate surface area is 162 Å². The Bertz CT molecular complexity index is 956. The number of rotatable bonds is 5. The molecule has 0 saturated carbocycles. The van der Waals surface area contributed by atoms with Crippen LogP contribution in [0.2, 0.25) is 0 Å². The molecule has 2 heterocycles. The summed E-state index contributed by atoms with van der Waals surface area (Å²) in [4.78, 5) is 14.8. The Morgan fingerprint density at radius 3 is 2.61 bits per heavy atom. The zero-order valence-electron chi connectivity index (χ0n) is 15.8. The molecule has 1 atom stereocenters. The Balaban J connectivity index is 1.49. The van der Waals surface area contributed by atoms with Crippen molar-refractivity contribution in [1.29, 1.82) is 0 Å². The van der Waals surface area contributed by atoms with Crippen molar-refractivity contribution in [3.05, 3.63) is 59.9 Å². The van der Waals surface area contributed by atoms with E-state index in [0.29, 0.717) is 24.4 Å². The first kappa shape index (κ1) is 18.0. The average Bonchev–Trinajstić information content (AvgIpc) is 3.45. The highest BCUT2D eigenvalue weighted by atomic mass is 16.5. The predicted octanol–water partition coefficient (Wildman–Crippen LogP) is 2.31. The zero-order chi connectivity index (χ0) is 19.5. The average molecular weight is 379 g/mol. The third-order valence-electron chi connectivity index (χ3n) is 5.08. The predicted molar refractivity (Wildman–Crippen MR) is 102 cm³/mol. The number of amides is 1. The maximum atomic E-state index is 12.9. The van der Waals surface area contributed by atoms with Crippen LogP contribution in [0, 0.1) is 0 Å². The molecule has 144 valence electrons. The Hall–Kier alpha value is -3.42. The molecule has 0 bridgehead atoms. The number of hydrogen-bond acceptors (Lipinski definition) is 6. The number of hydrogen-bond donors (Lipinski definition) is 0. The van der Waals surface area contributed by atoms with Crippen molar-refractivity contribution in [2.24, 2.45) is 0 Å². The first-order chi connectivity index (χ1) is 13.7. The molecule has 1 aromatic heterocycles. The third kappa shape index (κ3) is 3.28. The molecule has 1 aliphatic rings. The van der Waals surface area contributed by atoms with E-state index in [2.05, 4.69) is 15.5 Å². The van der Waals surface area contributed by atoms with Crippen LogP contribution in [-0.2, 0) is 0 Å². The van der Waals surface area contributed by atoms with Gasteiger partial charge in [-0.3, -0.25) is 4.79 Å². The van der Waals surface area contributed by atoms with E-state index in [1.165, 1.54) is 6.33 Å². The lowest BCUT2D eigenvalue weighted by Gasteiger charge is -2.19. The number of ether oxygens (including phenoxy) is 2. The van der Waals surface area contributed by atoms with Crippen LogP contribution in [0.5, 0.6) is 11.5 Å². The summed E-state index contributed by atoms with van der Waals surface area (Å²) in [7, 11) is 3.27. The molecule has 4 rings (SSSR count). The maximum absolute atomic E-state index is 12.9. The fraction of sp³-hybridized carbons (Fsp3) is 0.300. The molecular weight excluding hydrogens is 358 g/mol. The van der Waals surface area contributed by atoms with E-state index in [0.717, 1.165) is 23.4 Å². The van der Waals surface area contributed by atoms with Gasteiger partial charge in [-0.25, -0.2) is 4.68 Å². The van der Waals surface area contributed by atoms with Crippen LogP contribution in [0.3, 0.4) is 0 Å². The topological polar surface area (TPSA) is 82.4 Å². The van der Waals surface area contributed by atoms with Gasteiger partial charge in [0.1, 0.15) is 6.33 Å². The summed E-state index contributed by atoms with van der Waals surface area (Å²) in [5.41, 5.74) is 2.53. The van der Waals surface area contributed by atoms with E-state index < -0.39 is 0 Å². The highest BCUT2D eigenvalue weighted by Gasteiger charge is 2.30. The second-order valence-corrected chi connectivity index (χ2v) is 6.62. The molecule has 1 unspecified atom stereocenters. The molecule has 8 heteroatoms. The number of likely N-dealkylation sites (tertiary alicyclic amines) is 1. The molecule has 0 spiro atoms. The smallest absolute Gasteiger partial charge is 0.253 e. The molecule has 8 nitrogen and oxygen atoms in total. The lowest BCUT2D eigenvalue weighted by molar-refractivity contribution is 0.0790. The summed E-state index contributed by atoms with van der Waals surface area (Å²) < 4.78 is 12.5. The number of methoxy groups -OCH3 is 2. The van der Waals surface area contributed by atoms with Gasteiger partial charge in [0.15, 0.2) is 11.5 Å². The lowest BCUT2D eigenvalue weighted by Crippen LogP contribution is -2.28. The van der Waals surface area contributed by atoms with Gasteiger partial charge < -0.3 is 14.4 Å². The van der Waals surface area contributed by atoms with Gasteiger partial charge in [0, 0.05) is 30.1 Å². The lowest BCUT2D eigenvalue weighted by atomic mass is 9.97. The number of para-hydroxylation sites is 1. The molecule has 0 radical (unpaired) electrons. The molecule has 2 aromatic carbocycles. The fourth-order valence-corrected chi connectivity index (χ4v) is 3.65. The first-order valence-corrected chi connectivity index (χ1v) is 9.05. The highest BCUT2D eigenvalue weighted by Crippen LogP contribution is 2.39. The SMILES string of the molecule is COc1cccc(C2CCN(C(=O)c3ccc(-n4cnnn4)cc3)C2)c1OC. The Kier molecular flexibility index (Phi) is 4.92. The standard InChI is InChI=1S/C20H21N5O3/c1-27-18-5-3-4-17(19(18)28-2)15-10-11-24(12-15)20(26)14-6-8-16(9-7-14)25-13-21-22-23-25/h3-9,13,15H,10-12H2,1-2H3. The summed E-state index contributed by atoms with van der Waals surface area (Å²) >= 11 is 0. The van der Waals surface area contributed by atoms with Crippen molar-refractivity contribution < 1.29 is 14.3 Å². The van der Waals surface area contributed by atoms with Crippen molar-refractivity contribution in [3.8, 4) is 17.2 Å². The monoisotopic (exact) mass is 379 g/mol. The molecule has 3 aromatic rings. The van der Waals surface area contributed by atoms with Crippen molar-refractivity contribution in [1.82, 2.24) is 25.1 Å². The zero-order valence-corrected chi connectivity index (χ0v) is 15.8. The van der Waals surface area contributed by atoms with Gasteiger partial charge in [0.2, 0.25) is 0 Å². The molecule has 1 saturated heterocycles. The number of nitrogens with zero attached hydrogens (tertiary/aromatic N) is 5. The minimum absolute atomic E-state index is 0.0210. The normalized spacial score (nSPS) is 16.2. The quantitative estimate of drug-likeness (QED) is 0.677. The van der Waals surface area contributed by atoms with Crippen molar-refractivity contribution >= 4 is 5.91 Å². The van der Waals surface area contributed by atoms with Gasteiger partial charge in [0.25, 0.3) is 5.91 Å². The van der Waals surface area contributed by atoms with Gasteiger partial charge in [0.05, 0.1) is 19.9 Å². The number of carbonyl (C=O) groups excluding carboxylic acids is 1. The molecule has 1 fully saturated rings. The largest absolute Gasteiger partial charge is 0.493 e. The van der Waals surface area contributed by atoms with Gasteiger partial charge >= 0.3 is 0 Å². The van der Waals surface area contributed by atoms with Gasteiger partial charge in [-0.1, -0.05) is 12.1 Å². The summed E-state index contributed by atoms with van der Waals surface area (Å²) in [6.07, 6.45) is 2.40. The van der Waals surface area contributed by atoms with Crippen LogP contribution in [0.1, 0.15) is 28.3 Å². The van der Waals surface area contributed by atoms with Crippen LogP contribution in [0.15, 0.2) is 48.8 Å². The van der Waals surface area contributed by atoms with Gasteiger partial charge in [-0.2, -0.15) is 0 Å². The molecule has 1 amide bonds. The van der Waals surface area contributed by atoms with Crippen molar-refractivity contribution in [2.45, 2.75) is 12.3 Å². The summed E-state index contributed by atoms with van der Waals surface area (Å²) in [6.45, 7) is 1.36. The van der Waals surface area contributed by atoms with Gasteiger partial charge in [-0.15, -0.1) is 5.10 Å². The number of benzene rings is 2. The third-order valence-corrected chi connectivity index (χ3v) is 5.08. The summed E-state index contributed by atoms with van der Waals surface area (Å²) in [5.74, 6) is 1.69. The molecule has 28 heavy (non-hydrogen) atoms. The van der Waals surface area contributed by atoms with E-state index in [4.69, 9.17) is 9.47 Å². The summed E-state index contributed by atoms with van der Waals surface area (Å²) in [5, 5.41) is 11.1. The van der Waals surface area contributed by atoms with E-state index in [9.17, 15) is 4.79 Å². The number of carbonyl (C=O) groups is 1. The Morgan fingerprint density at radius 1 is 1.11 bits per heavy atom. The van der Waals surface area contributed by atoms with Crippen LogP contribution in [0.25, 0.3) is 5.69 Å². The summed E-state index contributed by atoms with van der Waals surface area (Å²) in [6, 6.07) is 13.2. The Morgan fingerprint density at radius 2 is 1.93 bits per heavy atom. The van der Waals surface area contributed by atoms with Crippen LogP contribution >= 0.6 is 0 Å². The van der Waals surface area contributed by atoms with Crippen LogP contribution < -0.4 is 9.47 Å². The van der Waals surface area contributed by atoms with E-state index in [-0.39, 0.29) is 11.8 Å². The number of tetrazole rings is 1. The minimum atomic E-state index is 0.0210. The minimum Gasteiger partial charge on any atom is -0.493 e. The van der Waals surface area contributed by atoms with Crippen LogP contribution in [-0.4, -0.2) is 58.3 Å². The molecule has 0 N–H and O–H groups in total. The molecule has 1 aliphatic heterocycles. The highest BCUT2D eigenvalue weighted by molar-refractivity contribution is 5.94. The van der Waals surface area contributed by atoms with Crippen molar-refractivity contribution in [3.63, 3.8) is 0 Å². The number of aromatic nitrogens is 4. The van der Waals surface area contributed by atoms with E-state index in [1.54, 1.807) is 31.0 Å². The maximum Gasteiger partial charge on any atom is 0.253 e. The second kappa shape index (κ2) is 7.67. The first-order valence-electron chi connectivity index (χ1n) is 9.05. The van der Waals surface area contributed by atoms with E-state index in [1.807, 2.05) is 35.2 Å². The second-order valence-electron chi connectivity index (χ2n) is 6.62. The van der Waals surface area contributed by atoms with Crippen LogP contribution in [0.4, 0.5) is 0 Å². The van der Waals surface area contributed by atoms with Gasteiger partial charge in [-0.05, 0) is 47.2 Å². The molecule has 0 aliphatic carbocycles. The van der Waals surface area contributed by atoms with Crippen molar-refractivity contribution in [2.75, 3.05) is 27.3 Å². The fourth-order valence-electron chi connectivity index (χ4n) is 3.65. The molecular formula is C20H21N5O3. The van der Waals surface area contributed by atoms with E-state index >= 15 is 0 Å².